The maximum Gasteiger partial charge on any atom is 0.236 e. The van der Waals surface area contributed by atoms with Crippen molar-refractivity contribution < 1.29 is 12.8 Å². The van der Waals surface area contributed by atoms with E-state index in [1.807, 2.05) is 0 Å². The predicted molar refractivity (Wildman–Crippen MR) is 59.5 cm³/mol. The summed E-state index contributed by atoms with van der Waals surface area (Å²) in [4.78, 5) is 0. The van der Waals surface area contributed by atoms with Crippen LogP contribution in [0.15, 0.2) is 18.2 Å². The largest absolute Gasteiger partial charge is 0.243 e. The minimum atomic E-state index is -3.64. The predicted octanol–water partition coefficient (Wildman–Crippen LogP) is 3.44. The lowest BCUT2D eigenvalue weighted by atomic mass is 10.1. The highest BCUT2D eigenvalue weighted by atomic mass is 35.7. The average molecular weight is 271 g/mol. The van der Waals surface area contributed by atoms with Crippen LogP contribution >= 0.6 is 22.3 Å². The van der Waals surface area contributed by atoms with E-state index in [0.29, 0.717) is 11.1 Å². The zero-order valence-corrected chi connectivity index (χ0v) is 10.2. The van der Waals surface area contributed by atoms with Crippen LogP contribution in [-0.2, 0) is 14.8 Å². The standard InChI is InChI=1S/C9H9Cl2FO2S/c1-6(12)7-2-3-8(9(10)4-7)5-15(11,13)14/h2-4,6H,5H2,1H3. The van der Waals surface area contributed by atoms with Gasteiger partial charge in [-0.1, -0.05) is 23.7 Å². The van der Waals surface area contributed by atoms with Gasteiger partial charge < -0.3 is 0 Å². The number of alkyl halides is 1. The molecule has 1 atom stereocenters. The fourth-order valence-electron chi connectivity index (χ4n) is 1.11. The molecule has 0 N–H and O–H groups in total. The molecule has 0 spiro atoms. The summed E-state index contributed by atoms with van der Waals surface area (Å²) in [6.07, 6.45) is -1.14. The van der Waals surface area contributed by atoms with Gasteiger partial charge in [0.05, 0.1) is 5.75 Å². The van der Waals surface area contributed by atoms with Crippen molar-refractivity contribution in [3.63, 3.8) is 0 Å². The summed E-state index contributed by atoms with van der Waals surface area (Å²) >= 11 is 5.79. The van der Waals surface area contributed by atoms with Crippen LogP contribution in [0.1, 0.15) is 24.2 Å². The Labute approximate surface area is 97.4 Å². The first-order valence-electron chi connectivity index (χ1n) is 4.14. The topological polar surface area (TPSA) is 34.1 Å². The summed E-state index contributed by atoms with van der Waals surface area (Å²) in [5.74, 6) is -0.353. The smallest absolute Gasteiger partial charge is 0.236 e. The molecule has 0 aliphatic heterocycles. The summed E-state index contributed by atoms with van der Waals surface area (Å²) < 4.78 is 34.5. The third-order valence-electron chi connectivity index (χ3n) is 1.86. The Morgan fingerprint density at radius 3 is 2.47 bits per heavy atom. The number of halogens is 3. The summed E-state index contributed by atoms with van der Waals surface area (Å²) in [6.45, 7) is 1.38. The SMILES string of the molecule is CC(F)c1ccc(CS(=O)(=O)Cl)c(Cl)c1. The van der Waals surface area contributed by atoms with E-state index in [4.69, 9.17) is 22.3 Å². The maximum atomic E-state index is 12.9. The van der Waals surface area contributed by atoms with Gasteiger partial charge in [-0.3, -0.25) is 0 Å². The van der Waals surface area contributed by atoms with Crippen molar-refractivity contribution in [1.29, 1.82) is 0 Å². The molecular weight excluding hydrogens is 262 g/mol. The monoisotopic (exact) mass is 270 g/mol. The van der Waals surface area contributed by atoms with Crippen molar-refractivity contribution in [1.82, 2.24) is 0 Å². The van der Waals surface area contributed by atoms with Crippen molar-refractivity contribution in [2.45, 2.75) is 18.8 Å². The first-order valence-corrected chi connectivity index (χ1v) is 7.00. The highest BCUT2D eigenvalue weighted by Gasteiger charge is 2.12. The lowest BCUT2D eigenvalue weighted by Gasteiger charge is -2.06. The number of hydrogen-bond donors (Lipinski definition) is 0. The molecule has 6 heteroatoms. The van der Waals surface area contributed by atoms with E-state index in [-0.39, 0.29) is 10.8 Å². The minimum absolute atomic E-state index is 0.209. The van der Waals surface area contributed by atoms with Crippen molar-refractivity contribution in [3.8, 4) is 0 Å². The van der Waals surface area contributed by atoms with Crippen LogP contribution in [0.3, 0.4) is 0 Å². The molecule has 0 radical (unpaired) electrons. The fourth-order valence-corrected chi connectivity index (χ4v) is 2.42. The molecule has 1 aromatic carbocycles. The second kappa shape index (κ2) is 4.68. The van der Waals surface area contributed by atoms with Gasteiger partial charge in [-0.25, -0.2) is 12.8 Å². The molecule has 2 nitrogen and oxygen atoms in total. The first kappa shape index (κ1) is 12.7. The summed E-state index contributed by atoms with van der Waals surface area (Å²) in [6, 6.07) is 4.37. The minimum Gasteiger partial charge on any atom is -0.243 e. The Hall–Kier alpha value is -0.320. The van der Waals surface area contributed by atoms with Crippen molar-refractivity contribution in [2.75, 3.05) is 0 Å². The highest BCUT2D eigenvalue weighted by Crippen LogP contribution is 2.25. The molecule has 1 aromatic rings. The molecule has 0 fully saturated rings. The zero-order valence-electron chi connectivity index (χ0n) is 7.88. The van der Waals surface area contributed by atoms with Crippen LogP contribution in [0, 0.1) is 0 Å². The van der Waals surface area contributed by atoms with Crippen molar-refractivity contribution >= 4 is 31.3 Å². The Kier molecular flexibility index (Phi) is 3.98. The molecule has 0 amide bonds. The maximum absolute atomic E-state index is 12.9. The molecule has 0 saturated carbocycles. The van der Waals surface area contributed by atoms with Gasteiger partial charge in [0.1, 0.15) is 6.17 Å². The highest BCUT2D eigenvalue weighted by molar-refractivity contribution is 8.13. The van der Waals surface area contributed by atoms with E-state index >= 15 is 0 Å². The van der Waals surface area contributed by atoms with Gasteiger partial charge in [-0.15, -0.1) is 0 Å². The summed E-state index contributed by atoms with van der Waals surface area (Å²) in [7, 11) is 1.44. The average Bonchev–Trinajstić information content (AvgIpc) is 2.05. The number of hydrogen-bond acceptors (Lipinski definition) is 2. The molecule has 15 heavy (non-hydrogen) atoms. The van der Waals surface area contributed by atoms with Crippen LogP contribution in [0.2, 0.25) is 5.02 Å². The van der Waals surface area contributed by atoms with E-state index in [1.54, 1.807) is 0 Å². The normalized spacial score (nSPS) is 13.9. The second-order valence-electron chi connectivity index (χ2n) is 3.15. The van der Waals surface area contributed by atoms with Gasteiger partial charge in [0, 0.05) is 15.7 Å². The van der Waals surface area contributed by atoms with Crippen LogP contribution in [0.25, 0.3) is 0 Å². The molecule has 0 aromatic heterocycles. The molecule has 0 bridgehead atoms. The van der Waals surface area contributed by atoms with Gasteiger partial charge in [-0.2, -0.15) is 0 Å². The third-order valence-corrected chi connectivity index (χ3v) is 3.20. The van der Waals surface area contributed by atoms with E-state index in [0.717, 1.165) is 0 Å². The molecule has 1 rings (SSSR count). The molecule has 1 unspecified atom stereocenters. The Morgan fingerprint density at radius 2 is 2.07 bits per heavy atom. The first-order chi connectivity index (χ1) is 6.79. The molecule has 0 aliphatic rings. The van der Waals surface area contributed by atoms with E-state index in [1.165, 1.54) is 25.1 Å². The summed E-state index contributed by atoms with van der Waals surface area (Å²) in [5, 5.41) is 0.209. The van der Waals surface area contributed by atoms with Crippen LogP contribution in [-0.4, -0.2) is 8.42 Å². The number of benzene rings is 1. The molecule has 0 heterocycles. The Bertz CT molecular complexity index is 457. The zero-order chi connectivity index (χ0) is 11.6. The third kappa shape index (κ3) is 3.97. The van der Waals surface area contributed by atoms with E-state index < -0.39 is 15.2 Å². The Morgan fingerprint density at radius 1 is 1.47 bits per heavy atom. The molecule has 84 valence electrons. The number of rotatable bonds is 3. The van der Waals surface area contributed by atoms with Crippen LogP contribution < -0.4 is 0 Å². The van der Waals surface area contributed by atoms with Crippen molar-refractivity contribution in [2.24, 2.45) is 0 Å². The lowest BCUT2D eigenvalue weighted by molar-refractivity contribution is 0.374. The van der Waals surface area contributed by atoms with Crippen LogP contribution in [0.5, 0.6) is 0 Å². The lowest BCUT2D eigenvalue weighted by Crippen LogP contribution is -1.97. The van der Waals surface area contributed by atoms with Crippen LogP contribution in [0.4, 0.5) is 4.39 Å². The molecular formula is C9H9Cl2FO2S. The summed E-state index contributed by atoms with van der Waals surface area (Å²) in [5.41, 5.74) is 0.784. The van der Waals surface area contributed by atoms with E-state index in [2.05, 4.69) is 0 Å². The second-order valence-corrected chi connectivity index (χ2v) is 6.33. The van der Waals surface area contributed by atoms with Gasteiger partial charge >= 0.3 is 0 Å². The quantitative estimate of drug-likeness (QED) is 0.789. The molecule has 0 saturated heterocycles. The van der Waals surface area contributed by atoms with E-state index in [9.17, 15) is 12.8 Å². The Balaban J connectivity index is 3.04. The van der Waals surface area contributed by atoms with Crippen molar-refractivity contribution in [3.05, 3.63) is 34.3 Å². The van der Waals surface area contributed by atoms with Gasteiger partial charge in [0.25, 0.3) is 0 Å². The fraction of sp³-hybridized carbons (Fsp3) is 0.333. The van der Waals surface area contributed by atoms with Gasteiger partial charge in [0.2, 0.25) is 9.05 Å². The molecule has 0 aliphatic carbocycles. The van der Waals surface area contributed by atoms with Gasteiger partial charge in [-0.05, 0) is 24.1 Å². The van der Waals surface area contributed by atoms with Gasteiger partial charge in [0.15, 0.2) is 0 Å².